The van der Waals surface area contributed by atoms with Crippen LogP contribution in [-0.2, 0) is 26.1 Å². The first-order chi connectivity index (χ1) is 14.2. The van der Waals surface area contributed by atoms with Gasteiger partial charge in [0.25, 0.3) is 0 Å². The van der Waals surface area contributed by atoms with Gasteiger partial charge >= 0.3 is 12.0 Å². The van der Waals surface area contributed by atoms with Crippen molar-refractivity contribution in [2.75, 3.05) is 32.8 Å². The Morgan fingerprint density at radius 3 is 2.63 bits per heavy atom. The van der Waals surface area contributed by atoms with E-state index in [9.17, 15) is 9.59 Å². The average molecular weight is 419 g/mol. The van der Waals surface area contributed by atoms with Crippen LogP contribution in [0.25, 0.3) is 5.57 Å². The maximum Gasteiger partial charge on any atom is 0.342 e. The number of hydrogen-bond donors (Lipinski definition) is 1. The van der Waals surface area contributed by atoms with Crippen LogP contribution < -0.4 is 0 Å². The van der Waals surface area contributed by atoms with Gasteiger partial charge in [-0.2, -0.15) is 5.10 Å². The summed E-state index contributed by atoms with van der Waals surface area (Å²) in [5, 5.41) is 7.62. The summed E-state index contributed by atoms with van der Waals surface area (Å²) in [7, 11) is 0. The third-order valence-electron chi connectivity index (χ3n) is 5.50. The first-order valence-corrected chi connectivity index (χ1v) is 10.9. The molecule has 166 valence electrons. The number of amides is 2. The lowest BCUT2D eigenvalue weighted by atomic mass is 9.81. The van der Waals surface area contributed by atoms with Crippen LogP contribution in [-0.4, -0.2) is 70.9 Å². The van der Waals surface area contributed by atoms with Crippen molar-refractivity contribution in [3.05, 3.63) is 23.2 Å². The zero-order chi connectivity index (χ0) is 21.9. The number of ether oxygens (including phenoxy) is 2. The predicted molar refractivity (Wildman–Crippen MR) is 114 cm³/mol. The molecule has 1 aromatic rings. The fourth-order valence-electron chi connectivity index (χ4n) is 4.09. The van der Waals surface area contributed by atoms with Crippen LogP contribution in [0, 0.1) is 0 Å². The Kier molecular flexibility index (Phi) is 6.85. The number of esters is 1. The minimum absolute atomic E-state index is 0.116. The topological polar surface area (TPSA) is 87.8 Å². The number of rotatable bonds is 5. The van der Waals surface area contributed by atoms with Crippen molar-refractivity contribution in [2.45, 2.75) is 65.4 Å². The van der Waals surface area contributed by atoms with Crippen LogP contribution in [0.5, 0.6) is 0 Å². The highest BCUT2D eigenvalue weighted by atomic mass is 16.5. The Bertz CT molecular complexity index is 806. The number of H-pyrrole nitrogens is 1. The molecule has 30 heavy (non-hydrogen) atoms. The smallest absolute Gasteiger partial charge is 0.342 e. The SMILES string of the molecule is CCCCc1n[nH]c2c1C(C)(C)CN(C(=O)N1CCOCC1)C=C2C(=O)OC(C)C. The minimum Gasteiger partial charge on any atom is -0.459 e. The standard InChI is InChI=1S/C22H34N4O4/c1-6-7-8-17-18-19(24-23-17)16(20(27)30-15(2)3)13-26(14-22(18,4)5)21(28)25-9-11-29-12-10-25/h13,15H,6-12,14H2,1-5H3,(H,23,24). The Morgan fingerprint density at radius 2 is 2.00 bits per heavy atom. The monoisotopic (exact) mass is 418 g/mol. The molecule has 1 aromatic heterocycles. The second kappa shape index (κ2) is 9.20. The third-order valence-corrected chi connectivity index (χ3v) is 5.50. The lowest BCUT2D eigenvalue weighted by Gasteiger charge is -2.35. The molecule has 2 amide bonds. The molecule has 0 aliphatic carbocycles. The van der Waals surface area contributed by atoms with E-state index >= 15 is 0 Å². The molecule has 0 spiro atoms. The summed E-state index contributed by atoms with van der Waals surface area (Å²) in [6, 6.07) is -0.116. The zero-order valence-electron chi connectivity index (χ0n) is 18.8. The summed E-state index contributed by atoms with van der Waals surface area (Å²) in [5.74, 6) is -0.450. The van der Waals surface area contributed by atoms with Crippen molar-refractivity contribution < 1.29 is 19.1 Å². The summed E-state index contributed by atoms with van der Waals surface area (Å²) in [6.07, 6.45) is 4.28. The van der Waals surface area contributed by atoms with Crippen molar-refractivity contribution >= 4 is 17.6 Å². The number of aryl methyl sites for hydroxylation is 1. The van der Waals surface area contributed by atoms with Gasteiger partial charge in [0.1, 0.15) is 5.57 Å². The van der Waals surface area contributed by atoms with Crippen molar-refractivity contribution in [3.8, 4) is 0 Å². The molecule has 2 aliphatic rings. The van der Waals surface area contributed by atoms with E-state index in [0.29, 0.717) is 44.1 Å². The predicted octanol–water partition coefficient (Wildman–Crippen LogP) is 3.09. The Balaban J connectivity index is 2.03. The normalized spacial score (nSPS) is 18.7. The van der Waals surface area contributed by atoms with Gasteiger partial charge < -0.3 is 14.4 Å². The van der Waals surface area contributed by atoms with Gasteiger partial charge in [0, 0.05) is 36.8 Å². The molecule has 0 unspecified atom stereocenters. The molecule has 8 heteroatoms. The van der Waals surface area contributed by atoms with E-state index in [0.717, 1.165) is 30.5 Å². The van der Waals surface area contributed by atoms with Crippen LogP contribution >= 0.6 is 0 Å². The van der Waals surface area contributed by atoms with Crippen molar-refractivity contribution in [3.63, 3.8) is 0 Å². The molecule has 0 bridgehead atoms. The van der Waals surface area contributed by atoms with Gasteiger partial charge in [0.05, 0.1) is 30.7 Å². The number of nitrogens with zero attached hydrogens (tertiary/aromatic N) is 3. The molecule has 0 aromatic carbocycles. The minimum atomic E-state index is -0.450. The van der Waals surface area contributed by atoms with Gasteiger partial charge in [0.15, 0.2) is 0 Å². The maximum atomic E-state index is 13.3. The third kappa shape index (κ3) is 4.69. The highest BCUT2D eigenvalue weighted by Gasteiger charge is 2.39. The van der Waals surface area contributed by atoms with Crippen molar-refractivity contribution in [1.29, 1.82) is 0 Å². The lowest BCUT2D eigenvalue weighted by Crippen LogP contribution is -2.49. The number of hydrogen-bond acceptors (Lipinski definition) is 5. The van der Waals surface area contributed by atoms with Crippen molar-refractivity contribution in [1.82, 2.24) is 20.0 Å². The summed E-state index contributed by atoms with van der Waals surface area (Å²) >= 11 is 0. The van der Waals surface area contributed by atoms with Gasteiger partial charge in [-0.15, -0.1) is 0 Å². The van der Waals surface area contributed by atoms with Gasteiger partial charge in [0.2, 0.25) is 0 Å². The summed E-state index contributed by atoms with van der Waals surface area (Å²) < 4.78 is 10.9. The number of morpholine rings is 1. The summed E-state index contributed by atoms with van der Waals surface area (Å²) in [4.78, 5) is 29.7. The highest BCUT2D eigenvalue weighted by Crippen LogP contribution is 2.37. The molecular formula is C22H34N4O4. The maximum absolute atomic E-state index is 13.3. The van der Waals surface area contributed by atoms with E-state index < -0.39 is 5.97 Å². The molecule has 3 heterocycles. The molecule has 0 saturated carbocycles. The largest absolute Gasteiger partial charge is 0.459 e. The molecule has 1 fully saturated rings. The van der Waals surface area contributed by atoms with E-state index in [1.54, 1.807) is 16.0 Å². The van der Waals surface area contributed by atoms with E-state index in [1.807, 2.05) is 13.8 Å². The molecule has 0 atom stereocenters. The van der Waals surface area contributed by atoms with E-state index in [-0.39, 0.29) is 17.6 Å². The zero-order valence-corrected chi connectivity index (χ0v) is 18.8. The van der Waals surface area contributed by atoms with E-state index in [2.05, 4.69) is 31.0 Å². The lowest BCUT2D eigenvalue weighted by molar-refractivity contribution is -0.140. The molecular weight excluding hydrogens is 384 g/mol. The first kappa shape index (κ1) is 22.3. The number of urea groups is 1. The molecule has 3 rings (SSSR count). The quantitative estimate of drug-likeness (QED) is 0.743. The van der Waals surface area contributed by atoms with Gasteiger partial charge in [-0.05, 0) is 26.7 Å². The Hall–Kier alpha value is -2.35. The van der Waals surface area contributed by atoms with Gasteiger partial charge in [-0.3, -0.25) is 10.00 Å². The second-order valence-corrected chi connectivity index (χ2v) is 8.91. The van der Waals surface area contributed by atoms with Crippen molar-refractivity contribution in [2.24, 2.45) is 0 Å². The van der Waals surface area contributed by atoms with E-state index in [4.69, 9.17) is 9.47 Å². The van der Waals surface area contributed by atoms with Crippen LogP contribution in [0.2, 0.25) is 0 Å². The average Bonchev–Trinajstić information content (AvgIpc) is 3.08. The number of carbonyl (C=O) groups is 2. The number of aromatic nitrogens is 2. The van der Waals surface area contributed by atoms with Crippen LogP contribution in [0.4, 0.5) is 4.79 Å². The fourth-order valence-corrected chi connectivity index (χ4v) is 4.09. The number of carbonyl (C=O) groups excluding carboxylic acids is 2. The number of unbranched alkanes of at least 4 members (excludes halogenated alkanes) is 1. The Labute approximate surface area is 178 Å². The summed E-state index contributed by atoms with van der Waals surface area (Å²) in [6.45, 7) is 12.6. The summed E-state index contributed by atoms with van der Waals surface area (Å²) in [5.41, 5.74) is 2.58. The molecule has 1 saturated heterocycles. The van der Waals surface area contributed by atoms with Crippen LogP contribution in [0.15, 0.2) is 6.20 Å². The van der Waals surface area contributed by atoms with Crippen LogP contribution in [0.3, 0.4) is 0 Å². The number of nitrogens with one attached hydrogen (secondary N) is 1. The number of fused-ring (bicyclic) bond motifs is 1. The highest BCUT2D eigenvalue weighted by molar-refractivity contribution is 6.16. The molecule has 2 aliphatic heterocycles. The molecule has 0 radical (unpaired) electrons. The first-order valence-electron chi connectivity index (χ1n) is 10.9. The van der Waals surface area contributed by atoms with Crippen LogP contribution in [0.1, 0.15) is 64.4 Å². The second-order valence-electron chi connectivity index (χ2n) is 8.91. The molecule has 1 N–H and O–H groups in total. The fraction of sp³-hybridized carbons (Fsp3) is 0.682. The molecule has 8 nitrogen and oxygen atoms in total. The van der Waals surface area contributed by atoms with Gasteiger partial charge in [-0.25, -0.2) is 9.59 Å². The van der Waals surface area contributed by atoms with E-state index in [1.165, 1.54) is 0 Å². The van der Waals surface area contributed by atoms with Gasteiger partial charge in [-0.1, -0.05) is 27.2 Å². The Morgan fingerprint density at radius 1 is 1.30 bits per heavy atom. The number of aromatic amines is 1.